The van der Waals surface area contributed by atoms with Gasteiger partial charge in [-0.2, -0.15) is 0 Å². The number of fused-ring (bicyclic) bond motifs is 3. The Labute approximate surface area is 146 Å². The number of amides is 2. The maximum Gasteiger partial charge on any atom is 0.260 e. The summed E-state index contributed by atoms with van der Waals surface area (Å²) in [6.07, 6.45) is 3.02. The standard InChI is InChI=1S/C15H18N4O3S2/c1-7-3-4-9-10(5-7)24-14-12(9)13(22)16-15(17-14)23-6-11(21)19-18-8(2)20/h7H,3-6H2,1-2H3,(H,18,20)(H,19,21)(H,16,17,22). The van der Waals surface area contributed by atoms with E-state index in [1.807, 2.05) is 0 Å². The van der Waals surface area contributed by atoms with E-state index >= 15 is 0 Å². The van der Waals surface area contributed by atoms with E-state index in [4.69, 9.17) is 0 Å². The predicted molar refractivity (Wildman–Crippen MR) is 94.1 cm³/mol. The van der Waals surface area contributed by atoms with Gasteiger partial charge in [-0.15, -0.1) is 11.3 Å². The van der Waals surface area contributed by atoms with E-state index in [0.29, 0.717) is 16.5 Å². The van der Waals surface area contributed by atoms with Crippen molar-refractivity contribution in [2.75, 3.05) is 5.75 Å². The van der Waals surface area contributed by atoms with Gasteiger partial charge in [0.05, 0.1) is 11.1 Å². The first-order chi connectivity index (χ1) is 11.4. The van der Waals surface area contributed by atoms with Crippen LogP contribution in [0.15, 0.2) is 9.95 Å². The van der Waals surface area contributed by atoms with E-state index in [1.54, 1.807) is 11.3 Å². The van der Waals surface area contributed by atoms with Crippen molar-refractivity contribution in [2.45, 2.75) is 38.3 Å². The summed E-state index contributed by atoms with van der Waals surface area (Å²) in [4.78, 5) is 44.0. The van der Waals surface area contributed by atoms with Crippen LogP contribution in [-0.2, 0) is 22.4 Å². The molecule has 0 radical (unpaired) electrons. The number of aromatic nitrogens is 2. The molecule has 3 N–H and O–H groups in total. The van der Waals surface area contributed by atoms with Gasteiger partial charge >= 0.3 is 0 Å². The lowest BCUT2D eigenvalue weighted by atomic mass is 9.89. The van der Waals surface area contributed by atoms with Gasteiger partial charge in [0.2, 0.25) is 11.8 Å². The minimum absolute atomic E-state index is 0.0524. The number of carbonyl (C=O) groups is 2. The second-order valence-electron chi connectivity index (χ2n) is 5.92. The van der Waals surface area contributed by atoms with Gasteiger partial charge in [0.25, 0.3) is 5.56 Å². The predicted octanol–water partition coefficient (Wildman–Crippen LogP) is 1.37. The number of H-pyrrole nitrogens is 1. The summed E-state index contributed by atoms with van der Waals surface area (Å²) in [6, 6.07) is 0. The van der Waals surface area contributed by atoms with E-state index in [1.165, 1.54) is 11.8 Å². The number of rotatable bonds is 3. The number of aryl methyl sites for hydroxylation is 1. The Kier molecular flexibility index (Phi) is 4.91. The number of thiophene rings is 1. The van der Waals surface area contributed by atoms with Crippen LogP contribution in [0.1, 0.15) is 30.7 Å². The van der Waals surface area contributed by atoms with Gasteiger partial charge in [-0.3, -0.25) is 25.2 Å². The highest BCUT2D eigenvalue weighted by molar-refractivity contribution is 7.99. The summed E-state index contributed by atoms with van der Waals surface area (Å²) in [5.41, 5.74) is 5.49. The van der Waals surface area contributed by atoms with Gasteiger partial charge in [0, 0.05) is 11.8 Å². The quantitative estimate of drug-likeness (QED) is 0.432. The number of nitrogens with one attached hydrogen (secondary N) is 3. The normalized spacial score (nSPS) is 16.7. The highest BCUT2D eigenvalue weighted by Crippen LogP contribution is 2.36. The van der Waals surface area contributed by atoms with Gasteiger partial charge < -0.3 is 4.98 Å². The highest BCUT2D eigenvalue weighted by atomic mass is 32.2. The van der Waals surface area contributed by atoms with Crippen molar-refractivity contribution >= 4 is 45.1 Å². The lowest BCUT2D eigenvalue weighted by Crippen LogP contribution is -2.41. The van der Waals surface area contributed by atoms with Crippen LogP contribution in [0.5, 0.6) is 0 Å². The maximum atomic E-state index is 12.4. The minimum Gasteiger partial charge on any atom is -0.301 e. The van der Waals surface area contributed by atoms with Crippen molar-refractivity contribution in [3.63, 3.8) is 0 Å². The average molecular weight is 366 g/mol. The van der Waals surface area contributed by atoms with Crippen molar-refractivity contribution in [3.8, 4) is 0 Å². The summed E-state index contributed by atoms with van der Waals surface area (Å²) < 4.78 is 0. The summed E-state index contributed by atoms with van der Waals surface area (Å²) in [7, 11) is 0. The van der Waals surface area contributed by atoms with Crippen LogP contribution in [0.2, 0.25) is 0 Å². The topological polar surface area (TPSA) is 104 Å². The molecule has 0 spiro atoms. The van der Waals surface area contributed by atoms with Crippen molar-refractivity contribution in [1.82, 2.24) is 20.8 Å². The van der Waals surface area contributed by atoms with Crippen LogP contribution in [0.3, 0.4) is 0 Å². The summed E-state index contributed by atoms with van der Waals surface area (Å²) in [5, 5.41) is 1.12. The molecular weight excluding hydrogens is 348 g/mol. The second kappa shape index (κ2) is 6.94. The van der Waals surface area contributed by atoms with Crippen molar-refractivity contribution < 1.29 is 9.59 Å². The molecule has 128 valence electrons. The Morgan fingerprint density at radius 2 is 2.21 bits per heavy atom. The third kappa shape index (κ3) is 3.62. The van der Waals surface area contributed by atoms with Crippen LogP contribution < -0.4 is 16.4 Å². The average Bonchev–Trinajstić information content (AvgIpc) is 2.88. The molecule has 0 aromatic carbocycles. The Morgan fingerprint density at radius 1 is 1.42 bits per heavy atom. The molecule has 1 aliphatic carbocycles. The second-order valence-corrected chi connectivity index (χ2v) is 7.97. The molecule has 0 aliphatic heterocycles. The number of hydrazine groups is 1. The number of hydrogen-bond donors (Lipinski definition) is 3. The van der Waals surface area contributed by atoms with Crippen LogP contribution in [-0.4, -0.2) is 27.5 Å². The van der Waals surface area contributed by atoms with E-state index in [-0.39, 0.29) is 23.1 Å². The summed E-state index contributed by atoms with van der Waals surface area (Å²) in [5.74, 6) is -0.0236. The van der Waals surface area contributed by atoms with Crippen LogP contribution in [0, 0.1) is 5.92 Å². The molecule has 7 nitrogen and oxygen atoms in total. The Hall–Kier alpha value is -1.87. The number of thioether (sulfide) groups is 1. The molecule has 2 aromatic heterocycles. The maximum absolute atomic E-state index is 12.4. The molecule has 1 unspecified atom stereocenters. The smallest absolute Gasteiger partial charge is 0.260 e. The fourth-order valence-electron chi connectivity index (χ4n) is 2.73. The Balaban J connectivity index is 1.78. The monoisotopic (exact) mass is 366 g/mol. The van der Waals surface area contributed by atoms with Gasteiger partial charge in [-0.1, -0.05) is 18.7 Å². The Morgan fingerprint density at radius 3 is 2.96 bits per heavy atom. The zero-order valence-corrected chi connectivity index (χ0v) is 15.0. The largest absolute Gasteiger partial charge is 0.301 e. The molecule has 0 bridgehead atoms. The molecule has 3 rings (SSSR count). The van der Waals surface area contributed by atoms with Gasteiger partial charge in [-0.25, -0.2) is 4.98 Å². The first-order valence-corrected chi connectivity index (χ1v) is 9.47. The molecular formula is C15H18N4O3S2. The Bertz CT molecular complexity index is 858. The van der Waals surface area contributed by atoms with Crippen LogP contribution in [0.4, 0.5) is 0 Å². The molecule has 2 aromatic rings. The number of aromatic amines is 1. The molecule has 0 saturated heterocycles. The third-order valence-corrected chi connectivity index (χ3v) is 5.88. The first kappa shape index (κ1) is 17.0. The SMILES string of the molecule is CC(=O)NNC(=O)CSc1nc2sc3c(c2c(=O)[nH]1)CCC(C)C3. The van der Waals surface area contributed by atoms with Gasteiger partial charge in [0.1, 0.15) is 4.83 Å². The van der Waals surface area contributed by atoms with Crippen LogP contribution in [0.25, 0.3) is 10.2 Å². The molecule has 1 aliphatic rings. The summed E-state index contributed by atoms with van der Waals surface area (Å²) >= 11 is 2.71. The fraction of sp³-hybridized carbons (Fsp3) is 0.467. The lowest BCUT2D eigenvalue weighted by molar-refractivity contribution is -0.126. The molecule has 2 amide bonds. The summed E-state index contributed by atoms with van der Waals surface area (Å²) in [6.45, 7) is 3.53. The van der Waals surface area contributed by atoms with Crippen LogP contribution >= 0.6 is 23.1 Å². The zero-order valence-electron chi connectivity index (χ0n) is 13.4. The van der Waals surface area contributed by atoms with Gasteiger partial charge in [0.15, 0.2) is 5.16 Å². The molecule has 2 heterocycles. The van der Waals surface area contributed by atoms with Crippen molar-refractivity contribution in [3.05, 3.63) is 20.8 Å². The lowest BCUT2D eigenvalue weighted by Gasteiger charge is -2.17. The third-order valence-electron chi connectivity index (χ3n) is 3.86. The number of hydrogen-bond acceptors (Lipinski definition) is 6. The fourth-order valence-corrected chi connectivity index (χ4v) is 4.83. The molecule has 0 saturated carbocycles. The molecule has 1 atom stereocenters. The molecule has 24 heavy (non-hydrogen) atoms. The molecule has 0 fully saturated rings. The van der Waals surface area contributed by atoms with Crippen molar-refractivity contribution in [1.29, 1.82) is 0 Å². The number of carbonyl (C=O) groups excluding carboxylic acids is 2. The van der Waals surface area contributed by atoms with E-state index < -0.39 is 0 Å². The van der Waals surface area contributed by atoms with Gasteiger partial charge in [-0.05, 0) is 30.7 Å². The first-order valence-electron chi connectivity index (χ1n) is 7.67. The van der Waals surface area contributed by atoms with E-state index in [2.05, 4.69) is 27.7 Å². The van der Waals surface area contributed by atoms with E-state index in [0.717, 1.165) is 41.4 Å². The van der Waals surface area contributed by atoms with Crippen molar-refractivity contribution in [2.24, 2.45) is 5.92 Å². The number of nitrogens with zero attached hydrogens (tertiary/aromatic N) is 1. The molecule has 9 heteroatoms. The van der Waals surface area contributed by atoms with E-state index in [9.17, 15) is 14.4 Å². The minimum atomic E-state index is -0.364. The zero-order chi connectivity index (χ0) is 17.3. The highest BCUT2D eigenvalue weighted by Gasteiger charge is 2.23.